The van der Waals surface area contributed by atoms with Crippen molar-refractivity contribution in [1.82, 2.24) is 15.6 Å². The van der Waals surface area contributed by atoms with Crippen LogP contribution < -0.4 is 5.43 Å². The Balaban J connectivity index is 1.61. The number of nitrogens with zero attached hydrogens (tertiary/aromatic N) is 2. The summed E-state index contributed by atoms with van der Waals surface area (Å²) in [6.07, 6.45) is 3.67. The largest absolute Gasteiger partial charge is 0.289 e. The average molecular weight is 374 g/mol. The zero-order valence-corrected chi connectivity index (χ0v) is 16.6. The van der Waals surface area contributed by atoms with Gasteiger partial charge in [-0.3, -0.25) is 9.89 Å². The van der Waals surface area contributed by atoms with E-state index in [9.17, 15) is 4.79 Å². The topological polar surface area (TPSA) is 70.1 Å². The third kappa shape index (κ3) is 5.16. The van der Waals surface area contributed by atoms with Crippen molar-refractivity contribution in [3.05, 3.63) is 77.0 Å². The predicted octanol–water partition coefficient (Wildman–Crippen LogP) is 4.60. The van der Waals surface area contributed by atoms with E-state index in [4.69, 9.17) is 0 Å². The Morgan fingerprint density at radius 2 is 1.79 bits per heavy atom. The Bertz CT molecular complexity index is 937. The maximum absolute atomic E-state index is 12.3. The molecule has 1 heterocycles. The predicted molar refractivity (Wildman–Crippen MR) is 113 cm³/mol. The quantitative estimate of drug-likeness (QED) is 0.469. The zero-order valence-electron chi connectivity index (χ0n) is 16.6. The van der Waals surface area contributed by atoms with E-state index in [1.54, 1.807) is 12.3 Å². The normalized spacial score (nSPS) is 11.3. The molecule has 3 aromatic rings. The van der Waals surface area contributed by atoms with Crippen molar-refractivity contribution < 1.29 is 4.79 Å². The molecule has 2 N–H and O–H groups in total. The molecule has 0 aliphatic carbocycles. The summed E-state index contributed by atoms with van der Waals surface area (Å²) < 4.78 is 0. The van der Waals surface area contributed by atoms with Crippen LogP contribution in [0.15, 0.2) is 59.7 Å². The minimum atomic E-state index is -0.323. The molecular weight excluding hydrogens is 348 g/mol. The molecule has 5 nitrogen and oxygen atoms in total. The van der Waals surface area contributed by atoms with Gasteiger partial charge in [-0.25, -0.2) is 5.43 Å². The van der Waals surface area contributed by atoms with Crippen molar-refractivity contribution in [2.75, 3.05) is 0 Å². The van der Waals surface area contributed by atoms with E-state index in [1.807, 2.05) is 24.3 Å². The number of hydrazone groups is 1. The van der Waals surface area contributed by atoms with Crippen LogP contribution >= 0.6 is 0 Å². The van der Waals surface area contributed by atoms with Crippen molar-refractivity contribution in [2.24, 2.45) is 11.0 Å². The van der Waals surface area contributed by atoms with E-state index in [-0.39, 0.29) is 5.91 Å². The van der Waals surface area contributed by atoms with Crippen molar-refractivity contribution in [1.29, 1.82) is 0 Å². The van der Waals surface area contributed by atoms with Crippen molar-refractivity contribution in [2.45, 2.75) is 33.6 Å². The van der Waals surface area contributed by atoms with E-state index in [1.165, 1.54) is 11.1 Å². The van der Waals surface area contributed by atoms with Crippen LogP contribution in [0.5, 0.6) is 0 Å². The van der Waals surface area contributed by atoms with Gasteiger partial charge in [0.25, 0.3) is 5.91 Å². The molecule has 0 saturated heterocycles. The van der Waals surface area contributed by atoms with Crippen LogP contribution in [0.3, 0.4) is 0 Å². The van der Waals surface area contributed by atoms with Crippen LogP contribution in [0.4, 0.5) is 0 Å². The van der Waals surface area contributed by atoms with Crippen LogP contribution in [-0.4, -0.2) is 22.3 Å². The lowest BCUT2D eigenvalue weighted by Crippen LogP contribution is -2.17. The third-order valence-corrected chi connectivity index (χ3v) is 4.48. The van der Waals surface area contributed by atoms with Gasteiger partial charge in [0.2, 0.25) is 0 Å². The lowest BCUT2D eigenvalue weighted by Gasteiger charge is -2.05. The number of hydrogen-bond donors (Lipinski definition) is 2. The van der Waals surface area contributed by atoms with Crippen LogP contribution in [0.25, 0.3) is 11.3 Å². The van der Waals surface area contributed by atoms with Crippen LogP contribution in [0.2, 0.25) is 0 Å². The first kappa shape index (κ1) is 19.5. The highest BCUT2D eigenvalue weighted by Gasteiger charge is 2.10. The van der Waals surface area contributed by atoms with Crippen LogP contribution in [-0.2, 0) is 12.8 Å². The number of carbonyl (C=O) groups excluding carboxylic acids is 1. The molecule has 0 bridgehead atoms. The maximum Gasteiger partial charge on any atom is 0.289 e. The second kappa shape index (κ2) is 9.13. The number of aryl methyl sites for hydroxylation is 1. The van der Waals surface area contributed by atoms with E-state index in [0.29, 0.717) is 11.6 Å². The van der Waals surface area contributed by atoms with Gasteiger partial charge in [-0.15, -0.1) is 0 Å². The fourth-order valence-corrected chi connectivity index (χ4v) is 2.93. The summed E-state index contributed by atoms with van der Waals surface area (Å²) in [6, 6.07) is 18.1. The number of nitrogens with one attached hydrogen (secondary N) is 2. The van der Waals surface area contributed by atoms with Gasteiger partial charge < -0.3 is 0 Å². The summed E-state index contributed by atoms with van der Waals surface area (Å²) in [4.78, 5) is 12.3. The van der Waals surface area contributed by atoms with Crippen LogP contribution in [0.1, 0.15) is 48.0 Å². The molecule has 5 heteroatoms. The Kier molecular flexibility index (Phi) is 6.37. The summed E-state index contributed by atoms with van der Waals surface area (Å²) >= 11 is 0. The number of benzene rings is 2. The molecule has 0 aliphatic rings. The summed E-state index contributed by atoms with van der Waals surface area (Å²) in [5.74, 6) is 0.299. The monoisotopic (exact) mass is 374 g/mol. The van der Waals surface area contributed by atoms with Gasteiger partial charge in [0, 0.05) is 5.56 Å². The molecule has 0 radical (unpaired) electrons. The second-order valence-electron chi connectivity index (χ2n) is 7.26. The molecule has 2 aromatic carbocycles. The van der Waals surface area contributed by atoms with Crippen molar-refractivity contribution in [3.8, 4) is 11.3 Å². The number of aromatic nitrogens is 2. The lowest BCUT2D eigenvalue weighted by molar-refractivity contribution is 0.0950. The fraction of sp³-hybridized carbons (Fsp3) is 0.261. The van der Waals surface area contributed by atoms with Gasteiger partial charge in [0.1, 0.15) is 5.69 Å². The molecular formula is C23H26N4O. The summed E-state index contributed by atoms with van der Waals surface area (Å²) in [5.41, 5.74) is 8.12. The molecule has 0 aliphatic heterocycles. The van der Waals surface area contributed by atoms with Crippen molar-refractivity contribution in [3.63, 3.8) is 0 Å². The van der Waals surface area contributed by atoms with Gasteiger partial charge in [-0.1, -0.05) is 69.3 Å². The molecule has 1 amide bonds. The Labute approximate surface area is 165 Å². The fourth-order valence-electron chi connectivity index (χ4n) is 2.93. The number of hydrogen-bond acceptors (Lipinski definition) is 3. The van der Waals surface area contributed by atoms with Gasteiger partial charge in [0.05, 0.1) is 11.9 Å². The first-order valence-corrected chi connectivity index (χ1v) is 9.62. The lowest BCUT2D eigenvalue weighted by atomic mass is 10.0. The zero-order chi connectivity index (χ0) is 19.9. The summed E-state index contributed by atoms with van der Waals surface area (Å²) in [7, 11) is 0. The highest BCUT2D eigenvalue weighted by Crippen LogP contribution is 2.19. The molecule has 144 valence electrons. The molecule has 1 aromatic heterocycles. The highest BCUT2D eigenvalue weighted by molar-refractivity contribution is 5.94. The van der Waals surface area contributed by atoms with E-state index < -0.39 is 0 Å². The SMILES string of the molecule is CCc1ccc(/C=N\NC(=O)c2cc(-c3ccc(CC(C)C)cc3)n[nH]2)cc1. The molecule has 0 fully saturated rings. The number of aromatic amines is 1. The Morgan fingerprint density at radius 1 is 1.11 bits per heavy atom. The average Bonchev–Trinajstić information content (AvgIpc) is 3.19. The number of H-pyrrole nitrogens is 1. The maximum atomic E-state index is 12.3. The minimum Gasteiger partial charge on any atom is -0.272 e. The van der Waals surface area contributed by atoms with E-state index >= 15 is 0 Å². The van der Waals surface area contributed by atoms with Gasteiger partial charge in [0.15, 0.2) is 0 Å². The van der Waals surface area contributed by atoms with Gasteiger partial charge in [-0.2, -0.15) is 10.2 Å². The summed E-state index contributed by atoms with van der Waals surface area (Å²) in [6.45, 7) is 6.52. The smallest absolute Gasteiger partial charge is 0.272 e. The van der Waals surface area contributed by atoms with Crippen molar-refractivity contribution >= 4 is 12.1 Å². The standard InChI is InChI=1S/C23H26N4O/c1-4-17-5-7-19(8-6-17)15-24-27-23(28)22-14-21(25-26-22)20-11-9-18(10-12-20)13-16(2)3/h5-12,14-16H,4,13H2,1-3H3,(H,25,26)(H,27,28)/b24-15-. The highest BCUT2D eigenvalue weighted by atomic mass is 16.2. The molecule has 3 rings (SSSR count). The number of amides is 1. The molecule has 0 unspecified atom stereocenters. The third-order valence-electron chi connectivity index (χ3n) is 4.48. The molecule has 0 saturated carbocycles. The molecule has 0 spiro atoms. The first-order valence-electron chi connectivity index (χ1n) is 9.62. The van der Waals surface area contributed by atoms with Gasteiger partial charge in [-0.05, 0) is 41.5 Å². The van der Waals surface area contributed by atoms with E-state index in [2.05, 4.69) is 65.8 Å². The second-order valence-corrected chi connectivity index (χ2v) is 7.26. The van der Waals surface area contributed by atoms with E-state index in [0.717, 1.165) is 29.7 Å². The summed E-state index contributed by atoms with van der Waals surface area (Å²) in [5, 5.41) is 11.0. The van der Waals surface area contributed by atoms with Gasteiger partial charge >= 0.3 is 0 Å². The first-order chi connectivity index (χ1) is 13.5. The Hall–Kier alpha value is -3.21. The minimum absolute atomic E-state index is 0.323. The number of rotatable bonds is 7. The number of carbonyl (C=O) groups is 1. The molecule has 28 heavy (non-hydrogen) atoms. The van der Waals surface area contributed by atoms with Crippen LogP contribution in [0, 0.1) is 5.92 Å². The molecule has 0 atom stereocenters. The Morgan fingerprint density at radius 3 is 2.43 bits per heavy atom.